The number of aromatic nitrogens is 5. The van der Waals surface area contributed by atoms with E-state index in [-0.39, 0.29) is 5.95 Å². The Morgan fingerprint density at radius 1 is 1.10 bits per heavy atom. The normalized spacial score (nSPS) is 11.6. The molecule has 0 saturated heterocycles. The van der Waals surface area contributed by atoms with E-state index in [1.54, 1.807) is 17.7 Å². The molecule has 0 unspecified atom stereocenters. The first-order valence-corrected chi connectivity index (χ1v) is 10.4. The topological polar surface area (TPSA) is 79.4 Å². The van der Waals surface area contributed by atoms with Gasteiger partial charge in [-0.2, -0.15) is 13.2 Å². The Kier molecular flexibility index (Phi) is 5.99. The molecule has 3 heterocycles. The van der Waals surface area contributed by atoms with Gasteiger partial charge < -0.3 is 10.3 Å². The van der Waals surface area contributed by atoms with Gasteiger partial charge in [0.15, 0.2) is 0 Å². The van der Waals surface area contributed by atoms with Crippen LogP contribution in [0.1, 0.15) is 28.4 Å². The average Bonchev–Trinajstić information content (AvgIpc) is 3.39. The first-order valence-electron chi connectivity index (χ1n) is 9.58. The Hall–Kier alpha value is -3.27. The fraction of sp³-hybridized carbons (Fsp3) is 0.238. The van der Waals surface area contributed by atoms with Crippen molar-refractivity contribution in [3.05, 3.63) is 71.1 Å². The standard InChI is InChI=1S/C21H19F3N6S/c1-13-7-14(17-11-27-19(31-17)4-2-3-15-10-25-12-28-15)9-16(8-13)29-20-26-6-5-18(30-20)21(22,23)24/h5-12H,2-4H2,1H3,(H,25,28)(H,26,29,30). The lowest BCUT2D eigenvalue weighted by Gasteiger charge is -2.10. The van der Waals surface area contributed by atoms with Crippen LogP contribution in [0.5, 0.6) is 0 Å². The smallest absolute Gasteiger partial charge is 0.348 e. The Morgan fingerprint density at radius 2 is 1.97 bits per heavy atom. The molecule has 0 saturated carbocycles. The summed E-state index contributed by atoms with van der Waals surface area (Å²) in [6.45, 7) is 1.92. The van der Waals surface area contributed by atoms with Crippen LogP contribution in [0.25, 0.3) is 10.4 Å². The Morgan fingerprint density at radius 3 is 2.74 bits per heavy atom. The zero-order valence-electron chi connectivity index (χ0n) is 16.6. The van der Waals surface area contributed by atoms with E-state index in [1.165, 1.54) is 0 Å². The number of hydrogen-bond acceptors (Lipinski definition) is 6. The molecule has 31 heavy (non-hydrogen) atoms. The maximum atomic E-state index is 12.9. The molecular formula is C21H19F3N6S. The number of thiazole rings is 1. The van der Waals surface area contributed by atoms with Crippen LogP contribution in [-0.2, 0) is 19.0 Å². The van der Waals surface area contributed by atoms with E-state index in [9.17, 15) is 13.2 Å². The van der Waals surface area contributed by atoms with Crippen molar-refractivity contribution in [2.24, 2.45) is 0 Å². The molecule has 0 radical (unpaired) electrons. The van der Waals surface area contributed by atoms with Gasteiger partial charge in [-0.05, 0) is 55.5 Å². The molecule has 2 N–H and O–H groups in total. The predicted molar refractivity (Wildman–Crippen MR) is 113 cm³/mol. The number of benzene rings is 1. The summed E-state index contributed by atoms with van der Waals surface area (Å²) in [5.41, 5.74) is 2.62. The minimum atomic E-state index is -4.52. The Labute approximate surface area is 180 Å². The van der Waals surface area contributed by atoms with Crippen molar-refractivity contribution < 1.29 is 13.2 Å². The van der Waals surface area contributed by atoms with Crippen molar-refractivity contribution in [1.29, 1.82) is 0 Å². The molecule has 160 valence electrons. The largest absolute Gasteiger partial charge is 0.433 e. The lowest BCUT2D eigenvalue weighted by molar-refractivity contribution is -0.141. The van der Waals surface area contributed by atoms with E-state index < -0.39 is 11.9 Å². The minimum absolute atomic E-state index is 0.102. The van der Waals surface area contributed by atoms with Gasteiger partial charge in [0.1, 0.15) is 5.69 Å². The van der Waals surface area contributed by atoms with Crippen LogP contribution in [0.2, 0.25) is 0 Å². The van der Waals surface area contributed by atoms with Gasteiger partial charge in [0, 0.05) is 30.0 Å². The van der Waals surface area contributed by atoms with Crippen LogP contribution in [-0.4, -0.2) is 24.9 Å². The summed E-state index contributed by atoms with van der Waals surface area (Å²) in [5.74, 6) is -0.102. The summed E-state index contributed by atoms with van der Waals surface area (Å²) in [6, 6.07) is 6.55. The third-order valence-electron chi connectivity index (χ3n) is 4.51. The summed E-state index contributed by atoms with van der Waals surface area (Å²) in [7, 11) is 0. The summed E-state index contributed by atoms with van der Waals surface area (Å²) < 4.78 is 38.7. The van der Waals surface area contributed by atoms with Gasteiger partial charge in [0.2, 0.25) is 5.95 Å². The van der Waals surface area contributed by atoms with E-state index in [4.69, 9.17) is 0 Å². The lowest BCUT2D eigenvalue weighted by atomic mass is 10.1. The molecule has 3 aromatic heterocycles. The molecular weight excluding hydrogens is 425 g/mol. The summed E-state index contributed by atoms with van der Waals surface area (Å²) in [4.78, 5) is 20.1. The molecule has 10 heteroatoms. The maximum absolute atomic E-state index is 12.9. The van der Waals surface area contributed by atoms with Gasteiger partial charge in [-0.3, -0.25) is 0 Å². The van der Waals surface area contributed by atoms with E-state index in [1.807, 2.05) is 37.5 Å². The third kappa shape index (κ3) is 5.46. The molecule has 0 amide bonds. The zero-order chi connectivity index (χ0) is 21.8. The van der Waals surface area contributed by atoms with Gasteiger partial charge >= 0.3 is 6.18 Å². The molecule has 0 fully saturated rings. The molecule has 1 aromatic carbocycles. The maximum Gasteiger partial charge on any atom is 0.433 e. The highest BCUT2D eigenvalue weighted by Crippen LogP contribution is 2.32. The third-order valence-corrected chi connectivity index (χ3v) is 5.62. The van der Waals surface area contributed by atoms with Crippen LogP contribution < -0.4 is 5.32 Å². The molecule has 0 aliphatic carbocycles. The highest BCUT2D eigenvalue weighted by molar-refractivity contribution is 7.15. The van der Waals surface area contributed by atoms with Gasteiger partial charge in [0.05, 0.1) is 16.2 Å². The number of aromatic amines is 1. The number of nitrogens with one attached hydrogen (secondary N) is 2. The zero-order valence-corrected chi connectivity index (χ0v) is 17.4. The monoisotopic (exact) mass is 444 g/mol. The van der Waals surface area contributed by atoms with Gasteiger partial charge in [0.25, 0.3) is 0 Å². The number of hydrogen-bond donors (Lipinski definition) is 2. The highest BCUT2D eigenvalue weighted by Gasteiger charge is 2.32. The highest BCUT2D eigenvalue weighted by atomic mass is 32.1. The fourth-order valence-corrected chi connectivity index (χ4v) is 4.06. The Bertz CT molecular complexity index is 1150. The molecule has 0 bridgehead atoms. The van der Waals surface area contributed by atoms with E-state index in [0.29, 0.717) is 5.69 Å². The first kappa shape index (κ1) is 21.0. The predicted octanol–water partition coefficient (Wildman–Crippen LogP) is 5.57. The van der Waals surface area contributed by atoms with E-state index in [0.717, 1.165) is 58.2 Å². The molecule has 4 aromatic rings. The summed E-state index contributed by atoms with van der Waals surface area (Å²) in [6.07, 6.45) is 4.62. The summed E-state index contributed by atoms with van der Waals surface area (Å²) >= 11 is 1.61. The Balaban J connectivity index is 1.47. The number of alkyl halides is 3. The number of anilines is 2. The van der Waals surface area contributed by atoms with Gasteiger partial charge in [-0.15, -0.1) is 11.3 Å². The van der Waals surface area contributed by atoms with Crippen LogP contribution in [0.4, 0.5) is 24.8 Å². The molecule has 0 atom stereocenters. The summed E-state index contributed by atoms with van der Waals surface area (Å²) in [5, 5.41) is 3.91. The SMILES string of the molecule is Cc1cc(Nc2nccc(C(F)(F)F)n2)cc(-c2cnc(CCCc3cnc[nH]3)s2)c1. The van der Waals surface area contributed by atoms with Crippen LogP contribution in [0.15, 0.2) is 49.2 Å². The van der Waals surface area contributed by atoms with Crippen molar-refractivity contribution in [1.82, 2.24) is 24.9 Å². The van der Waals surface area contributed by atoms with Crippen molar-refractivity contribution in [3.8, 4) is 10.4 Å². The van der Waals surface area contributed by atoms with E-state index >= 15 is 0 Å². The van der Waals surface area contributed by atoms with Crippen molar-refractivity contribution in [2.75, 3.05) is 5.32 Å². The van der Waals surface area contributed by atoms with Crippen molar-refractivity contribution in [3.63, 3.8) is 0 Å². The number of aryl methyl sites for hydroxylation is 3. The van der Waals surface area contributed by atoms with Gasteiger partial charge in [-0.25, -0.2) is 19.9 Å². The quantitative estimate of drug-likeness (QED) is 0.390. The minimum Gasteiger partial charge on any atom is -0.348 e. The second-order valence-corrected chi connectivity index (χ2v) is 8.14. The number of H-pyrrole nitrogens is 1. The van der Waals surface area contributed by atoms with Crippen LogP contribution >= 0.6 is 11.3 Å². The lowest BCUT2D eigenvalue weighted by Crippen LogP contribution is -2.10. The van der Waals surface area contributed by atoms with Gasteiger partial charge in [-0.1, -0.05) is 6.07 Å². The van der Waals surface area contributed by atoms with E-state index in [2.05, 4.69) is 30.2 Å². The molecule has 0 aliphatic heterocycles. The second kappa shape index (κ2) is 8.84. The number of imidazole rings is 1. The second-order valence-electron chi connectivity index (χ2n) is 7.02. The number of nitrogens with zero attached hydrogens (tertiary/aromatic N) is 4. The van der Waals surface area contributed by atoms with Crippen molar-refractivity contribution in [2.45, 2.75) is 32.4 Å². The number of halogens is 3. The molecule has 0 aliphatic rings. The van der Waals surface area contributed by atoms with Crippen LogP contribution in [0, 0.1) is 6.92 Å². The van der Waals surface area contributed by atoms with Crippen molar-refractivity contribution >= 4 is 23.0 Å². The van der Waals surface area contributed by atoms with Crippen LogP contribution in [0.3, 0.4) is 0 Å². The number of rotatable bonds is 7. The molecule has 0 spiro atoms. The first-order chi connectivity index (χ1) is 14.9. The fourth-order valence-electron chi connectivity index (χ4n) is 3.11. The average molecular weight is 444 g/mol. The molecule has 4 rings (SSSR count). The molecule has 6 nitrogen and oxygen atoms in total.